The summed E-state index contributed by atoms with van der Waals surface area (Å²) in [5.41, 5.74) is 5.47. The van der Waals surface area contributed by atoms with Crippen molar-refractivity contribution >= 4 is 5.91 Å². The molecule has 0 aromatic rings. The number of nitrogens with two attached hydrogens (primary N) is 1. The van der Waals surface area contributed by atoms with E-state index in [0.29, 0.717) is 12.0 Å². The average molecular weight is 182 g/mol. The largest absolute Gasteiger partial charge is 0.351 e. The van der Waals surface area contributed by atoms with Crippen molar-refractivity contribution in [2.24, 2.45) is 11.7 Å². The van der Waals surface area contributed by atoms with Crippen LogP contribution in [-0.4, -0.2) is 17.5 Å². The van der Waals surface area contributed by atoms with Crippen LogP contribution in [0.25, 0.3) is 0 Å². The molecule has 2 saturated carbocycles. The molecule has 2 aliphatic rings. The van der Waals surface area contributed by atoms with Crippen LogP contribution in [0, 0.1) is 5.92 Å². The highest BCUT2D eigenvalue weighted by molar-refractivity contribution is 5.86. The van der Waals surface area contributed by atoms with E-state index in [4.69, 9.17) is 5.73 Å². The Bertz CT molecular complexity index is 221. The molecule has 2 aliphatic carbocycles. The van der Waals surface area contributed by atoms with Crippen LogP contribution in [0.15, 0.2) is 0 Å². The molecule has 1 amide bonds. The first-order valence-electron chi connectivity index (χ1n) is 5.22. The standard InChI is InChI=1S/C10H18N2O/c1-7-6-8(7)12-9(13)10(11)4-2-3-5-10/h7-8H,2-6,11H2,1H3,(H,12,13). The zero-order valence-corrected chi connectivity index (χ0v) is 8.18. The summed E-state index contributed by atoms with van der Waals surface area (Å²) in [5.74, 6) is 0.744. The summed E-state index contributed by atoms with van der Waals surface area (Å²) < 4.78 is 0. The van der Waals surface area contributed by atoms with Gasteiger partial charge >= 0.3 is 0 Å². The lowest BCUT2D eigenvalue weighted by molar-refractivity contribution is -0.126. The lowest BCUT2D eigenvalue weighted by atomic mass is 9.98. The van der Waals surface area contributed by atoms with Gasteiger partial charge in [0, 0.05) is 6.04 Å². The fraction of sp³-hybridized carbons (Fsp3) is 0.900. The fourth-order valence-corrected chi connectivity index (χ4v) is 2.07. The van der Waals surface area contributed by atoms with Crippen molar-refractivity contribution in [1.82, 2.24) is 5.32 Å². The normalized spacial score (nSPS) is 35.8. The number of nitrogens with one attached hydrogen (secondary N) is 1. The molecule has 0 aliphatic heterocycles. The minimum atomic E-state index is -0.539. The van der Waals surface area contributed by atoms with Crippen molar-refractivity contribution in [3.8, 4) is 0 Å². The lowest BCUT2D eigenvalue weighted by Crippen LogP contribution is -2.52. The van der Waals surface area contributed by atoms with Crippen molar-refractivity contribution in [1.29, 1.82) is 0 Å². The van der Waals surface area contributed by atoms with E-state index in [1.165, 1.54) is 0 Å². The Hall–Kier alpha value is -0.570. The number of rotatable bonds is 2. The van der Waals surface area contributed by atoms with Crippen LogP contribution in [-0.2, 0) is 4.79 Å². The number of hydrogen-bond acceptors (Lipinski definition) is 2. The molecule has 2 unspecified atom stereocenters. The SMILES string of the molecule is CC1CC1NC(=O)C1(N)CCCC1. The van der Waals surface area contributed by atoms with Crippen molar-refractivity contribution < 1.29 is 4.79 Å². The highest BCUT2D eigenvalue weighted by Gasteiger charge is 2.41. The molecule has 0 radical (unpaired) electrons. The summed E-state index contributed by atoms with van der Waals surface area (Å²) in [4.78, 5) is 11.7. The van der Waals surface area contributed by atoms with E-state index in [1.54, 1.807) is 0 Å². The molecule has 13 heavy (non-hydrogen) atoms. The first-order chi connectivity index (χ1) is 6.12. The zero-order chi connectivity index (χ0) is 9.47. The molecule has 3 N–H and O–H groups in total. The van der Waals surface area contributed by atoms with Gasteiger partial charge in [-0.15, -0.1) is 0 Å². The summed E-state index contributed by atoms with van der Waals surface area (Å²) in [6, 6.07) is 0.411. The van der Waals surface area contributed by atoms with Gasteiger partial charge in [0.1, 0.15) is 0 Å². The van der Waals surface area contributed by atoms with Gasteiger partial charge in [0.2, 0.25) is 5.91 Å². The Balaban J connectivity index is 1.88. The molecule has 0 aromatic heterocycles. The van der Waals surface area contributed by atoms with E-state index in [9.17, 15) is 4.79 Å². The third-order valence-electron chi connectivity index (χ3n) is 3.37. The van der Waals surface area contributed by atoms with Crippen molar-refractivity contribution in [3.63, 3.8) is 0 Å². The van der Waals surface area contributed by atoms with Crippen molar-refractivity contribution in [2.75, 3.05) is 0 Å². The highest BCUT2D eigenvalue weighted by Crippen LogP contribution is 2.32. The molecule has 0 bridgehead atoms. The Morgan fingerprint density at radius 1 is 1.46 bits per heavy atom. The van der Waals surface area contributed by atoms with Gasteiger partial charge in [-0.05, 0) is 25.2 Å². The number of amides is 1. The molecule has 3 nitrogen and oxygen atoms in total. The van der Waals surface area contributed by atoms with E-state index >= 15 is 0 Å². The Labute approximate surface area is 79.1 Å². The van der Waals surface area contributed by atoms with E-state index in [2.05, 4.69) is 12.2 Å². The molecule has 2 rings (SSSR count). The van der Waals surface area contributed by atoms with Crippen LogP contribution in [0.4, 0.5) is 0 Å². The maximum atomic E-state index is 11.7. The van der Waals surface area contributed by atoms with Gasteiger partial charge in [-0.1, -0.05) is 19.8 Å². The van der Waals surface area contributed by atoms with Crippen LogP contribution in [0.2, 0.25) is 0 Å². The quantitative estimate of drug-likeness (QED) is 0.663. The highest BCUT2D eigenvalue weighted by atomic mass is 16.2. The molecular formula is C10H18N2O. The zero-order valence-electron chi connectivity index (χ0n) is 8.18. The summed E-state index contributed by atoms with van der Waals surface area (Å²) >= 11 is 0. The summed E-state index contributed by atoms with van der Waals surface area (Å²) in [5, 5.41) is 3.02. The van der Waals surface area contributed by atoms with Crippen molar-refractivity contribution in [2.45, 2.75) is 50.6 Å². The monoisotopic (exact) mass is 182 g/mol. The van der Waals surface area contributed by atoms with Gasteiger partial charge in [0.15, 0.2) is 0 Å². The molecular weight excluding hydrogens is 164 g/mol. The van der Waals surface area contributed by atoms with Crippen LogP contribution < -0.4 is 11.1 Å². The molecule has 0 spiro atoms. The number of carbonyl (C=O) groups is 1. The second-order valence-electron chi connectivity index (χ2n) is 4.66. The lowest BCUT2D eigenvalue weighted by Gasteiger charge is -2.22. The van der Waals surface area contributed by atoms with Crippen molar-refractivity contribution in [3.05, 3.63) is 0 Å². The second kappa shape index (κ2) is 2.98. The molecule has 2 fully saturated rings. The maximum Gasteiger partial charge on any atom is 0.240 e. The van der Waals surface area contributed by atoms with Gasteiger partial charge in [-0.2, -0.15) is 0 Å². The third kappa shape index (κ3) is 1.70. The number of carbonyl (C=O) groups excluding carboxylic acids is 1. The molecule has 2 atom stereocenters. The smallest absolute Gasteiger partial charge is 0.240 e. The van der Waals surface area contributed by atoms with Crippen LogP contribution >= 0.6 is 0 Å². The Kier molecular flexibility index (Phi) is 2.06. The van der Waals surface area contributed by atoms with Crippen LogP contribution in [0.5, 0.6) is 0 Å². The van der Waals surface area contributed by atoms with E-state index in [0.717, 1.165) is 32.1 Å². The maximum absolute atomic E-state index is 11.7. The first kappa shape index (κ1) is 9.00. The van der Waals surface area contributed by atoms with Gasteiger partial charge in [0.25, 0.3) is 0 Å². The number of hydrogen-bond donors (Lipinski definition) is 2. The van der Waals surface area contributed by atoms with Gasteiger partial charge in [-0.3, -0.25) is 4.79 Å². The Morgan fingerprint density at radius 3 is 2.46 bits per heavy atom. The predicted molar refractivity (Wildman–Crippen MR) is 51.1 cm³/mol. The third-order valence-corrected chi connectivity index (χ3v) is 3.37. The Morgan fingerprint density at radius 2 is 2.00 bits per heavy atom. The van der Waals surface area contributed by atoms with Crippen LogP contribution in [0.1, 0.15) is 39.0 Å². The first-order valence-corrected chi connectivity index (χ1v) is 5.22. The molecule has 0 aromatic carbocycles. The molecule has 0 saturated heterocycles. The second-order valence-corrected chi connectivity index (χ2v) is 4.66. The minimum absolute atomic E-state index is 0.0827. The fourth-order valence-electron chi connectivity index (χ4n) is 2.07. The summed E-state index contributed by atoms with van der Waals surface area (Å²) in [7, 11) is 0. The van der Waals surface area contributed by atoms with E-state index in [-0.39, 0.29) is 5.91 Å². The van der Waals surface area contributed by atoms with Gasteiger partial charge in [0.05, 0.1) is 5.54 Å². The van der Waals surface area contributed by atoms with Gasteiger partial charge < -0.3 is 11.1 Å². The molecule has 0 heterocycles. The van der Waals surface area contributed by atoms with Crippen LogP contribution in [0.3, 0.4) is 0 Å². The molecule has 74 valence electrons. The van der Waals surface area contributed by atoms with E-state index < -0.39 is 5.54 Å². The van der Waals surface area contributed by atoms with Gasteiger partial charge in [-0.25, -0.2) is 0 Å². The summed E-state index contributed by atoms with van der Waals surface area (Å²) in [6.45, 7) is 2.16. The molecule has 3 heteroatoms. The summed E-state index contributed by atoms with van der Waals surface area (Å²) in [6.07, 6.45) is 5.05. The average Bonchev–Trinajstić information content (AvgIpc) is 2.62. The minimum Gasteiger partial charge on any atom is -0.351 e. The topological polar surface area (TPSA) is 55.1 Å². The van der Waals surface area contributed by atoms with E-state index in [1.807, 2.05) is 0 Å². The predicted octanol–water partition coefficient (Wildman–Crippen LogP) is 0.782.